The number of carbonyl (C=O) groups is 1. The minimum atomic E-state index is -0.478. The lowest BCUT2D eigenvalue weighted by atomic mass is 9.93. The first-order chi connectivity index (χ1) is 7.68. The molecule has 0 fully saturated rings. The highest BCUT2D eigenvalue weighted by Gasteiger charge is 2.15. The van der Waals surface area contributed by atoms with Gasteiger partial charge in [0.25, 0.3) is 0 Å². The van der Waals surface area contributed by atoms with Gasteiger partial charge in [-0.15, -0.1) is 0 Å². The van der Waals surface area contributed by atoms with Crippen molar-refractivity contribution in [3.63, 3.8) is 0 Å². The average molecular weight is 219 g/mol. The predicted molar refractivity (Wildman–Crippen MR) is 61.7 cm³/mol. The highest BCUT2D eigenvalue weighted by molar-refractivity contribution is 6.09. The molecule has 0 aromatic heterocycles. The van der Waals surface area contributed by atoms with Crippen molar-refractivity contribution in [3.8, 4) is 0 Å². The van der Waals surface area contributed by atoms with E-state index in [1.807, 2.05) is 6.08 Å². The summed E-state index contributed by atoms with van der Waals surface area (Å²) in [5.74, 6) is -0.499. The van der Waals surface area contributed by atoms with Gasteiger partial charge < -0.3 is 5.73 Å². The Labute approximate surface area is 94.0 Å². The number of carbonyl (C=O) groups excluding carboxylic acids is 1. The summed E-state index contributed by atoms with van der Waals surface area (Å²) in [5.41, 5.74) is 6.78. The lowest BCUT2D eigenvalue weighted by molar-refractivity contribution is 0.102. The van der Waals surface area contributed by atoms with Crippen LogP contribution in [0.3, 0.4) is 0 Å². The van der Waals surface area contributed by atoms with E-state index in [1.165, 1.54) is 18.2 Å². The quantitative estimate of drug-likeness (QED) is 0.613. The summed E-state index contributed by atoms with van der Waals surface area (Å²) in [4.78, 5) is 12.0. The third kappa shape index (κ3) is 2.13. The Morgan fingerprint density at radius 3 is 2.75 bits per heavy atom. The second-order valence-corrected chi connectivity index (χ2v) is 4.04. The predicted octanol–water partition coefficient (Wildman–Crippen LogP) is 3.09. The average Bonchev–Trinajstić information content (AvgIpc) is 2.33. The Morgan fingerprint density at radius 2 is 2.12 bits per heavy atom. The van der Waals surface area contributed by atoms with Crippen LogP contribution in [0.4, 0.5) is 10.1 Å². The van der Waals surface area contributed by atoms with Gasteiger partial charge in [0.05, 0.1) is 5.69 Å². The molecular weight excluding hydrogens is 205 g/mol. The zero-order valence-corrected chi connectivity index (χ0v) is 9.00. The minimum absolute atomic E-state index is 0.0219. The fraction of sp³-hybridized carbons (Fsp3) is 0.308. The van der Waals surface area contributed by atoms with E-state index in [-0.39, 0.29) is 11.5 Å². The van der Waals surface area contributed by atoms with Crippen LogP contribution in [0.1, 0.15) is 36.0 Å². The van der Waals surface area contributed by atoms with Gasteiger partial charge in [0, 0.05) is 5.56 Å². The second-order valence-electron chi connectivity index (χ2n) is 4.04. The molecule has 0 unspecified atom stereocenters. The van der Waals surface area contributed by atoms with E-state index in [2.05, 4.69) is 0 Å². The number of rotatable bonds is 2. The number of halogens is 1. The molecule has 1 aromatic rings. The number of nitrogens with two attached hydrogens (primary N) is 1. The Morgan fingerprint density at radius 1 is 1.31 bits per heavy atom. The van der Waals surface area contributed by atoms with Gasteiger partial charge in [0.15, 0.2) is 5.78 Å². The zero-order valence-electron chi connectivity index (χ0n) is 9.00. The molecule has 2 nitrogen and oxygen atoms in total. The van der Waals surface area contributed by atoms with Gasteiger partial charge in [-0.05, 0) is 49.5 Å². The standard InChI is InChI=1S/C13H14FNO/c14-11-7-6-10(8-12(11)15)13(16)9-4-2-1-3-5-9/h4,6-8H,1-3,5,15H2. The molecule has 0 amide bonds. The number of anilines is 1. The normalized spacial score (nSPS) is 15.7. The Hall–Kier alpha value is -1.64. The van der Waals surface area contributed by atoms with Crippen molar-refractivity contribution >= 4 is 11.5 Å². The van der Waals surface area contributed by atoms with Crippen molar-refractivity contribution in [2.24, 2.45) is 0 Å². The molecule has 1 aliphatic carbocycles. The van der Waals surface area contributed by atoms with E-state index >= 15 is 0 Å². The minimum Gasteiger partial charge on any atom is -0.396 e. The van der Waals surface area contributed by atoms with Crippen molar-refractivity contribution in [2.45, 2.75) is 25.7 Å². The maximum Gasteiger partial charge on any atom is 0.188 e. The number of ketones is 1. The van der Waals surface area contributed by atoms with Crippen LogP contribution in [-0.2, 0) is 0 Å². The topological polar surface area (TPSA) is 43.1 Å². The summed E-state index contributed by atoms with van der Waals surface area (Å²) in [6.07, 6.45) is 5.94. The third-order valence-electron chi connectivity index (χ3n) is 2.84. The molecule has 0 saturated carbocycles. The molecule has 0 aliphatic heterocycles. The molecular formula is C13H14FNO. The molecule has 0 bridgehead atoms. The summed E-state index contributed by atoms with van der Waals surface area (Å²) in [6, 6.07) is 4.14. The largest absolute Gasteiger partial charge is 0.396 e. The first kappa shape index (κ1) is 10.9. The van der Waals surface area contributed by atoms with Crippen molar-refractivity contribution in [1.29, 1.82) is 0 Å². The van der Waals surface area contributed by atoms with Crippen molar-refractivity contribution < 1.29 is 9.18 Å². The number of Topliss-reactive ketones (excluding diaryl/α,β-unsaturated/α-hetero) is 1. The van der Waals surface area contributed by atoms with Gasteiger partial charge in [-0.1, -0.05) is 6.08 Å². The molecule has 1 aromatic carbocycles. The van der Waals surface area contributed by atoms with Gasteiger partial charge in [0.2, 0.25) is 0 Å². The molecule has 1 aliphatic rings. The third-order valence-corrected chi connectivity index (χ3v) is 2.84. The van der Waals surface area contributed by atoms with Gasteiger partial charge in [-0.2, -0.15) is 0 Å². The molecule has 2 rings (SSSR count). The lowest BCUT2D eigenvalue weighted by Gasteiger charge is -2.11. The fourth-order valence-corrected chi connectivity index (χ4v) is 1.91. The molecule has 0 radical (unpaired) electrons. The summed E-state index contributed by atoms with van der Waals surface area (Å²) in [5, 5.41) is 0. The first-order valence-corrected chi connectivity index (χ1v) is 5.47. The fourth-order valence-electron chi connectivity index (χ4n) is 1.91. The Kier molecular flexibility index (Phi) is 3.04. The Bertz CT molecular complexity index is 451. The van der Waals surface area contributed by atoms with Gasteiger partial charge in [0.1, 0.15) is 5.82 Å². The number of hydrogen-bond acceptors (Lipinski definition) is 2. The molecule has 0 spiro atoms. The van der Waals surface area contributed by atoms with Crippen LogP contribution in [0, 0.1) is 5.82 Å². The van der Waals surface area contributed by atoms with E-state index in [1.54, 1.807) is 0 Å². The van der Waals surface area contributed by atoms with E-state index in [0.717, 1.165) is 31.3 Å². The van der Waals surface area contributed by atoms with Crippen LogP contribution in [0.15, 0.2) is 29.8 Å². The van der Waals surface area contributed by atoms with Crippen molar-refractivity contribution in [1.82, 2.24) is 0 Å². The van der Waals surface area contributed by atoms with Crippen LogP contribution < -0.4 is 5.73 Å². The highest BCUT2D eigenvalue weighted by Crippen LogP contribution is 2.22. The molecule has 16 heavy (non-hydrogen) atoms. The zero-order chi connectivity index (χ0) is 11.5. The molecule has 0 atom stereocenters. The van der Waals surface area contributed by atoms with Gasteiger partial charge in [-0.25, -0.2) is 4.39 Å². The maximum absolute atomic E-state index is 13.0. The molecule has 3 heteroatoms. The second kappa shape index (κ2) is 4.47. The van der Waals surface area contributed by atoms with E-state index < -0.39 is 5.82 Å². The molecule has 0 saturated heterocycles. The number of allylic oxidation sites excluding steroid dienone is 2. The van der Waals surface area contributed by atoms with Gasteiger partial charge in [-0.3, -0.25) is 4.79 Å². The van der Waals surface area contributed by atoms with Crippen molar-refractivity contribution in [3.05, 3.63) is 41.2 Å². The SMILES string of the molecule is Nc1cc(C(=O)C2=CCCCC2)ccc1F. The number of hydrogen-bond donors (Lipinski definition) is 1. The van der Waals surface area contributed by atoms with Crippen LogP contribution in [0.5, 0.6) is 0 Å². The maximum atomic E-state index is 13.0. The van der Waals surface area contributed by atoms with Gasteiger partial charge >= 0.3 is 0 Å². The van der Waals surface area contributed by atoms with E-state index in [0.29, 0.717) is 5.56 Å². The monoisotopic (exact) mass is 219 g/mol. The Balaban J connectivity index is 2.26. The van der Waals surface area contributed by atoms with E-state index in [9.17, 15) is 9.18 Å². The van der Waals surface area contributed by atoms with Crippen LogP contribution >= 0.6 is 0 Å². The first-order valence-electron chi connectivity index (χ1n) is 5.47. The molecule has 0 heterocycles. The molecule has 84 valence electrons. The van der Waals surface area contributed by atoms with Crippen LogP contribution in [-0.4, -0.2) is 5.78 Å². The smallest absolute Gasteiger partial charge is 0.188 e. The summed E-state index contributed by atoms with van der Waals surface area (Å²) in [7, 11) is 0. The van der Waals surface area contributed by atoms with Crippen molar-refractivity contribution in [2.75, 3.05) is 5.73 Å². The highest BCUT2D eigenvalue weighted by atomic mass is 19.1. The summed E-state index contributed by atoms with van der Waals surface area (Å²) in [6.45, 7) is 0. The number of nitrogen functional groups attached to an aromatic ring is 1. The summed E-state index contributed by atoms with van der Waals surface area (Å²) < 4.78 is 13.0. The van der Waals surface area contributed by atoms with Crippen LogP contribution in [0.2, 0.25) is 0 Å². The summed E-state index contributed by atoms with van der Waals surface area (Å²) >= 11 is 0. The molecule has 2 N–H and O–H groups in total. The lowest BCUT2D eigenvalue weighted by Crippen LogP contribution is -2.07. The number of benzene rings is 1. The van der Waals surface area contributed by atoms with Crippen LogP contribution in [0.25, 0.3) is 0 Å². The van der Waals surface area contributed by atoms with E-state index in [4.69, 9.17) is 5.73 Å².